The number of rotatable bonds is 10. The Morgan fingerprint density at radius 1 is 1.15 bits per heavy atom. The van der Waals surface area contributed by atoms with Gasteiger partial charge >= 0.3 is 5.97 Å². The van der Waals surface area contributed by atoms with Crippen molar-refractivity contribution in [1.29, 1.82) is 0 Å². The highest BCUT2D eigenvalue weighted by molar-refractivity contribution is 7.99. The number of hydrogen-bond acceptors (Lipinski definition) is 6. The molecule has 10 heteroatoms. The molecule has 2 aromatic carbocycles. The van der Waals surface area contributed by atoms with Crippen molar-refractivity contribution in [2.24, 2.45) is 0 Å². The molecule has 0 fully saturated rings. The van der Waals surface area contributed by atoms with Gasteiger partial charge in [0.05, 0.1) is 17.4 Å². The van der Waals surface area contributed by atoms with Gasteiger partial charge in [-0.15, -0.1) is 16.8 Å². The first-order chi connectivity index (χ1) is 16.3. The van der Waals surface area contributed by atoms with E-state index in [1.807, 2.05) is 32.0 Å². The van der Waals surface area contributed by atoms with Crippen molar-refractivity contribution in [1.82, 2.24) is 20.1 Å². The molecule has 0 aliphatic rings. The number of amides is 2. The minimum atomic E-state index is -1.03. The van der Waals surface area contributed by atoms with E-state index in [9.17, 15) is 14.4 Å². The van der Waals surface area contributed by atoms with Gasteiger partial charge in [-0.25, -0.2) is 4.79 Å². The predicted octanol–water partition coefficient (Wildman–Crippen LogP) is 3.69. The lowest BCUT2D eigenvalue weighted by atomic mass is 10.1. The maximum atomic E-state index is 12.6. The number of nitrogens with one attached hydrogen (secondary N) is 2. The average molecular weight is 480 g/mol. The SMILES string of the molecule is C=CCn1c(SCC(=O)Nc2ccc(C(=O)O)cc2)nnc1[C@H](C)NC(=O)c1cccc(C)c1. The molecule has 9 nitrogen and oxygen atoms in total. The van der Waals surface area contributed by atoms with Crippen LogP contribution in [0.2, 0.25) is 0 Å². The Hall–Kier alpha value is -3.92. The zero-order chi connectivity index (χ0) is 24.7. The molecule has 1 atom stereocenters. The van der Waals surface area contributed by atoms with Crippen LogP contribution in [0, 0.1) is 6.92 Å². The number of aromatic nitrogens is 3. The van der Waals surface area contributed by atoms with E-state index in [1.165, 1.54) is 36.0 Å². The standard InChI is InChI=1S/C24H25N5O4S/c1-4-12-29-21(16(3)25-22(31)18-7-5-6-15(2)13-18)27-28-24(29)34-14-20(30)26-19-10-8-17(9-11-19)23(32)33/h4-11,13,16H,1,12,14H2,2-3H3,(H,25,31)(H,26,30)(H,32,33)/t16-/m0/s1. The molecule has 3 rings (SSSR count). The molecule has 2 amide bonds. The van der Waals surface area contributed by atoms with Gasteiger partial charge in [0.1, 0.15) is 0 Å². The van der Waals surface area contributed by atoms with Crippen LogP contribution in [-0.2, 0) is 11.3 Å². The van der Waals surface area contributed by atoms with Gasteiger partial charge in [0.2, 0.25) is 5.91 Å². The molecular weight excluding hydrogens is 454 g/mol. The van der Waals surface area contributed by atoms with Crippen molar-refractivity contribution in [2.75, 3.05) is 11.1 Å². The second kappa shape index (κ2) is 11.3. The lowest BCUT2D eigenvalue weighted by Crippen LogP contribution is -2.28. The van der Waals surface area contributed by atoms with E-state index < -0.39 is 12.0 Å². The molecule has 0 saturated heterocycles. The van der Waals surface area contributed by atoms with Crippen LogP contribution >= 0.6 is 11.8 Å². The summed E-state index contributed by atoms with van der Waals surface area (Å²) in [7, 11) is 0. The van der Waals surface area contributed by atoms with E-state index in [0.29, 0.717) is 28.8 Å². The van der Waals surface area contributed by atoms with Crippen molar-refractivity contribution in [3.05, 3.63) is 83.7 Å². The number of carboxylic acids is 1. The Labute approximate surface area is 201 Å². The molecule has 0 radical (unpaired) electrons. The Morgan fingerprint density at radius 3 is 2.53 bits per heavy atom. The quantitative estimate of drug-likeness (QED) is 0.299. The number of aromatic carboxylic acids is 1. The molecule has 0 bridgehead atoms. The number of aryl methyl sites for hydroxylation is 1. The summed E-state index contributed by atoms with van der Waals surface area (Å²) in [5, 5.41) is 23.6. The van der Waals surface area contributed by atoms with E-state index >= 15 is 0 Å². The van der Waals surface area contributed by atoms with E-state index in [2.05, 4.69) is 27.4 Å². The van der Waals surface area contributed by atoms with Crippen LogP contribution in [0.5, 0.6) is 0 Å². The van der Waals surface area contributed by atoms with E-state index in [1.54, 1.807) is 16.7 Å². The largest absolute Gasteiger partial charge is 0.478 e. The lowest BCUT2D eigenvalue weighted by molar-refractivity contribution is -0.113. The highest BCUT2D eigenvalue weighted by Crippen LogP contribution is 2.22. The van der Waals surface area contributed by atoms with Gasteiger partial charge in [-0.3, -0.25) is 9.59 Å². The first kappa shape index (κ1) is 24.7. The molecule has 3 N–H and O–H groups in total. The van der Waals surface area contributed by atoms with Crippen LogP contribution in [0.15, 0.2) is 66.3 Å². The summed E-state index contributed by atoms with van der Waals surface area (Å²) in [4.78, 5) is 35.9. The van der Waals surface area contributed by atoms with E-state index in [4.69, 9.17) is 5.11 Å². The van der Waals surface area contributed by atoms with Gasteiger partial charge < -0.3 is 20.3 Å². The van der Waals surface area contributed by atoms with Crippen LogP contribution in [0.4, 0.5) is 5.69 Å². The number of carbonyl (C=O) groups excluding carboxylic acids is 2. The first-order valence-corrected chi connectivity index (χ1v) is 11.4. The zero-order valence-corrected chi connectivity index (χ0v) is 19.6. The highest BCUT2D eigenvalue weighted by Gasteiger charge is 2.20. The third kappa shape index (κ3) is 6.32. The van der Waals surface area contributed by atoms with Gasteiger partial charge in [0.25, 0.3) is 5.91 Å². The van der Waals surface area contributed by atoms with Gasteiger partial charge in [-0.05, 0) is 50.2 Å². The summed E-state index contributed by atoms with van der Waals surface area (Å²) in [6.07, 6.45) is 1.69. The minimum absolute atomic E-state index is 0.0694. The molecule has 1 heterocycles. The van der Waals surface area contributed by atoms with Gasteiger partial charge in [0.15, 0.2) is 11.0 Å². The number of thioether (sulfide) groups is 1. The van der Waals surface area contributed by atoms with Crippen LogP contribution in [-0.4, -0.2) is 43.4 Å². The monoisotopic (exact) mass is 479 g/mol. The Balaban J connectivity index is 1.64. The van der Waals surface area contributed by atoms with Gasteiger partial charge in [0, 0.05) is 17.8 Å². The summed E-state index contributed by atoms with van der Waals surface area (Å²) in [6, 6.07) is 12.8. The Kier molecular flexibility index (Phi) is 8.20. The van der Waals surface area contributed by atoms with Gasteiger partial charge in [-0.1, -0.05) is 35.5 Å². The third-order valence-electron chi connectivity index (χ3n) is 4.82. The molecule has 34 heavy (non-hydrogen) atoms. The number of anilines is 1. The van der Waals surface area contributed by atoms with Crippen molar-refractivity contribution >= 4 is 35.2 Å². The summed E-state index contributed by atoms with van der Waals surface area (Å²) < 4.78 is 1.80. The third-order valence-corrected chi connectivity index (χ3v) is 5.79. The van der Waals surface area contributed by atoms with Crippen LogP contribution in [0.25, 0.3) is 0 Å². The fraction of sp³-hybridized carbons (Fsp3) is 0.208. The second-order valence-corrected chi connectivity index (χ2v) is 8.47. The minimum Gasteiger partial charge on any atom is -0.478 e. The molecule has 0 unspecified atom stereocenters. The molecule has 176 valence electrons. The smallest absolute Gasteiger partial charge is 0.335 e. The molecule has 0 saturated carbocycles. The van der Waals surface area contributed by atoms with Crippen LogP contribution in [0.3, 0.4) is 0 Å². The topological polar surface area (TPSA) is 126 Å². The number of nitrogens with zero attached hydrogens (tertiary/aromatic N) is 3. The number of carbonyl (C=O) groups is 3. The van der Waals surface area contributed by atoms with Crippen molar-refractivity contribution < 1.29 is 19.5 Å². The van der Waals surface area contributed by atoms with Crippen molar-refractivity contribution in [3.63, 3.8) is 0 Å². The average Bonchev–Trinajstić information content (AvgIpc) is 3.21. The van der Waals surface area contributed by atoms with Crippen LogP contribution in [0.1, 0.15) is 45.1 Å². The van der Waals surface area contributed by atoms with Crippen molar-refractivity contribution in [3.8, 4) is 0 Å². The lowest BCUT2D eigenvalue weighted by Gasteiger charge is -2.15. The Morgan fingerprint density at radius 2 is 1.88 bits per heavy atom. The second-order valence-electron chi connectivity index (χ2n) is 7.52. The number of hydrogen-bond donors (Lipinski definition) is 3. The highest BCUT2D eigenvalue weighted by atomic mass is 32.2. The first-order valence-electron chi connectivity index (χ1n) is 10.5. The summed E-state index contributed by atoms with van der Waals surface area (Å²) in [5.41, 5.74) is 2.19. The fourth-order valence-corrected chi connectivity index (χ4v) is 3.94. The molecule has 0 spiro atoms. The summed E-state index contributed by atoms with van der Waals surface area (Å²) >= 11 is 1.20. The Bertz CT molecular complexity index is 1210. The zero-order valence-electron chi connectivity index (χ0n) is 18.8. The summed E-state index contributed by atoms with van der Waals surface area (Å²) in [5.74, 6) is -0.904. The maximum absolute atomic E-state index is 12.6. The summed E-state index contributed by atoms with van der Waals surface area (Å²) in [6.45, 7) is 7.92. The van der Waals surface area contributed by atoms with E-state index in [0.717, 1.165) is 5.56 Å². The molecule has 3 aromatic rings. The number of benzene rings is 2. The predicted molar refractivity (Wildman–Crippen MR) is 130 cm³/mol. The normalized spacial score (nSPS) is 11.5. The van der Waals surface area contributed by atoms with Crippen LogP contribution < -0.4 is 10.6 Å². The van der Waals surface area contributed by atoms with E-state index in [-0.39, 0.29) is 23.1 Å². The maximum Gasteiger partial charge on any atom is 0.335 e. The molecule has 0 aliphatic carbocycles. The molecular formula is C24H25N5O4S. The van der Waals surface area contributed by atoms with Crippen molar-refractivity contribution in [2.45, 2.75) is 31.6 Å². The number of carboxylic acid groups (broad SMARTS) is 1. The fourth-order valence-electron chi connectivity index (χ4n) is 3.18. The van der Waals surface area contributed by atoms with Gasteiger partial charge in [-0.2, -0.15) is 0 Å². The number of allylic oxidation sites excluding steroid dienone is 1. The molecule has 0 aliphatic heterocycles. The molecule has 1 aromatic heterocycles.